The van der Waals surface area contributed by atoms with Crippen molar-refractivity contribution in [3.05, 3.63) is 40.2 Å². The Morgan fingerprint density at radius 2 is 2.00 bits per heavy atom. The monoisotopic (exact) mass is 218 g/mol. The van der Waals surface area contributed by atoms with Crippen LogP contribution in [-0.4, -0.2) is 5.11 Å². The first kappa shape index (κ1) is 10.7. The van der Waals surface area contributed by atoms with E-state index in [1.807, 2.05) is 13.8 Å². The average Bonchev–Trinajstić information content (AvgIpc) is 2.24. The van der Waals surface area contributed by atoms with Crippen molar-refractivity contribution in [3.63, 3.8) is 0 Å². The highest BCUT2D eigenvalue weighted by Gasteiger charge is 2.14. The molecule has 0 atom stereocenters. The zero-order chi connectivity index (χ0) is 11.7. The fourth-order valence-corrected chi connectivity index (χ4v) is 1.76. The molecule has 0 bridgehead atoms. The zero-order valence-corrected chi connectivity index (χ0v) is 9.36. The average molecular weight is 218 g/mol. The molecule has 1 N–H and O–H groups in total. The SMILES string of the molecule is CC(C)Cc1c(O)c2ccccc2oc1=O. The third-order valence-electron chi connectivity index (χ3n) is 2.49. The quantitative estimate of drug-likeness (QED) is 0.788. The van der Waals surface area contributed by atoms with Crippen molar-refractivity contribution in [2.24, 2.45) is 5.92 Å². The summed E-state index contributed by atoms with van der Waals surface area (Å²) in [5, 5.41) is 10.6. The van der Waals surface area contributed by atoms with E-state index in [2.05, 4.69) is 0 Å². The summed E-state index contributed by atoms with van der Waals surface area (Å²) in [5.41, 5.74) is 0.358. The maximum absolute atomic E-state index is 11.7. The van der Waals surface area contributed by atoms with Crippen LogP contribution in [0.1, 0.15) is 19.4 Å². The number of aromatic hydroxyl groups is 1. The van der Waals surface area contributed by atoms with Crippen molar-refractivity contribution in [1.29, 1.82) is 0 Å². The number of para-hydroxylation sites is 1. The van der Waals surface area contributed by atoms with E-state index < -0.39 is 5.63 Å². The third-order valence-corrected chi connectivity index (χ3v) is 2.49. The second-order valence-corrected chi connectivity index (χ2v) is 4.31. The van der Waals surface area contributed by atoms with E-state index >= 15 is 0 Å². The molecular weight excluding hydrogens is 204 g/mol. The Labute approximate surface area is 93.3 Å². The lowest BCUT2D eigenvalue weighted by atomic mass is 10.0. The van der Waals surface area contributed by atoms with Crippen LogP contribution in [0, 0.1) is 5.92 Å². The number of fused-ring (bicyclic) bond motifs is 1. The summed E-state index contributed by atoms with van der Waals surface area (Å²) in [6, 6.07) is 7.00. The van der Waals surface area contributed by atoms with Gasteiger partial charge < -0.3 is 9.52 Å². The fraction of sp³-hybridized carbons (Fsp3) is 0.308. The van der Waals surface area contributed by atoms with Gasteiger partial charge in [0.15, 0.2) is 0 Å². The maximum Gasteiger partial charge on any atom is 0.343 e. The van der Waals surface area contributed by atoms with E-state index in [0.29, 0.717) is 28.9 Å². The zero-order valence-electron chi connectivity index (χ0n) is 9.36. The van der Waals surface area contributed by atoms with E-state index in [0.717, 1.165) is 0 Å². The molecular formula is C13H14O3. The predicted molar refractivity (Wildman–Crippen MR) is 62.7 cm³/mol. The molecule has 3 heteroatoms. The Hall–Kier alpha value is -1.77. The van der Waals surface area contributed by atoms with Crippen molar-refractivity contribution in [3.8, 4) is 5.75 Å². The first-order valence-corrected chi connectivity index (χ1v) is 5.33. The molecule has 0 fully saturated rings. The highest BCUT2D eigenvalue weighted by Crippen LogP contribution is 2.27. The third kappa shape index (κ3) is 1.81. The first-order chi connectivity index (χ1) is 7.59. The van der Waals surface area contributed by atoms with Gasteiger partial charge in [0.25, 0.3) is 0 Å². The van der Waals surface area contributed by atoms with Crippen molar-refractivity contribution >= 4 is 11.0 Å². The molecule has 0 spiro atoms. The molecule has 2 rings (SSSR count). The second kappa shape index (κ2) is 4.00. The topological polar surface area (TPSA) is 50.4 Å². The van der Waals surface area contributed by atoms with Gasteiger partial charge in [0.2, 0.25) is 0 Å². The van der Waals surface area contributed by atoms with Gasteiger partial charge in [-0.3, -0.25) is 0 Å². The summed E-state index contributed by atoms with van der Waals surface area (Å²) in [4.78, 5) is 11.7. The molecule has 84 valence electrons. The molecule has 16 heavy (non-hydrogen) atoms. The van der Waals surface area contributed by atoms with E-state index in [1.54, 1.807) is 24.3 Å². The van der Waals surface area contributed by atoms with Crippen LogP contribution in [0.4, 0.5) is 0 Å². The van der Waals surface area contributed by atoms with Crippen LogP contribution in [0.15, 0.2) is 33.5 Å². The standard InChI is InChI=1S/C13H14O3/c1-8(2)7-10-12(14)9-5-3-4-6-11(9)16-13(10)15/h3-6,8,14H,7H2,1-2H3. The lowest BCUT2D eigenvalue weighted by molar-refractivity contribution is 0.448. The van der Waals surface area contributed by atoms with Crippen molar-refractivity contribution in [2.45, 2.75) is 20.3 Å². The minimum atomic E-state index is -0.440. The van der Waals surface area contributed by atoms with Crippen LogP contribution in [-0.2, 0) is 6.42 Å². The smallest absolute Gasteiger partial charge is 0.343 e. The predicted octanol–water partition coefficient (Wildman–Crippen LogP) is 2.70. The molecule has 1 aromatic carbocycles. The summed E-state index contributed by atoms with van der Waals surface area (Å²) in [6.45, 7) is 3.99. The lowest BCUT2D eigenvalue weighted by Gasteiger charge is -2.07. The van der Waals surface area contributed by atoms with E-state index in [-0.39, 0.29) is 5.75 Å². The Balaban J connectivity index is 2.71. The first-order valence-electron chi connectivity index (χ1n) is 5.33. The van der Waals surface area contributed by atoms with Crippen LogP contribution in [0.25, 0.3) is 11.0 Å². The van der Waals surface area contributed by atoms with Crippen LogP contribution < -0.4 is 5.63 Å². The summed E-state index contributed by atoms with van der Waals surface area (Å²) in [7, 11) is 0. The van der Waals surface area contributed by atoms with Gasteiger partial charge in [-0.25, -0.2) is 4.79 Å². The van der Waals surface area contributed by atoms with Gasteiger partial charge >= 0.3 is 5.63 Å². The van der Waals surface area contributed by atoms with Crippen molar-refractivity contribution < 1.29 is 9.52 Å². The summed E-state index contributed by atoms with van der Waals surface area (Å²) in [6.07, 6.45) is 0.527. The molecule has 2 aromatic rings. The molecule has 0 saturated carbocycles. The van der Waals surface area contributed by atoms with Crippen LogP contribution in [0.2, 0.25) is 0 Å². The Kier molecular flexibility index (Phi) is 2.69. The van der Waals surface area contributed by atoms with Gasteiger partial charge in [-0.2, -0.15) is 0 Å². The normalized spacial score (nSPS) is 11.2. The highest BCUT2D eigenvalue weighted by atomic mass is 16.4. The number of hydrogen-bond acceptors (Lipinski definition) is 3. The van der Waals surface area contributed by atoms with Gasteiger partial charge in [-0.15, -0.1) is 0 Å². The molecule has 1 heterocycles. The molecule has 1 aromatic heterocycles. The molecule has 0 aliphatic rings. The summed E-state index contributed by atoms with van der Waals surface area (Å²) in [5.74, 6) is 0.357. The molecule has 0 radical (unpaired) electrons. The molecule has 3 nitrogen and oxygen atoms in total. The number of benzene rings is 1. The largest absolute Gasteiger partial charge is 0.507 e. The molecule has 0 saturated heterocycles. The number of rotatable bonds is 2. The van der Waals surface area contributed by atoms with Crippen LogP contribution in [0.5, 0.6) is 5.75 Å². The van der Waals surface area contributed by atoms with Gasteiger partial charge in [-0.05, 0) is 24.5 Å². The minimum absolute atomic E-state index is 0.0561. The van der Waals surface area contributed by atoms with Gasteiger partial charge in [-0.1, -0.05) is 26.0 Å². The van der Waals surface area contributed by atoms with Crippen molar-refractivity contribution in [2.75, 3.05) is 0 Å². The number of hydrogen-bond donors (Lipinski definition) is 1. The van der Waals surface area contributed by atoms with E-state index in [9.17, 15) is 9.90 Å². The van der Waals surface area contributed by atoms with Gasteiger partial charge in [0.05, 0.1) is 10.9 Å². The van der Waals surface area contributed by atoms with Gasteiger partial charge in [0.1, 0.15) is 11.3 Å². The molecule has 0 aliphatic carbocycles. The van der Waals surface area contributed by atoms with Gasteiger partial charge in [0, 0.05) is 0 Å². The maximum atomic E-state index is 11.7. The Bertz CT molecular complexity index is 567. The summed E-state index contributed by atoms with van der Waals surface area (Å²) < 4.78 is 5.16. The van der Waals surface area contributed by atoms with Crippen LogP contribution >= 0.6 is 0 Å². The Morgan fingerprint density at radius 1 is 1.31 bits per heavy atom. The molecule has 0 unspecified atom stereocenters. The fourth-order valence-electron chi connectivity index (χ4n) is 1.76. The molecule has 0 aliphatic heterocycles. The Morgan fingerprint density at radius 3 is 2.69 bits per heavy atom. The van der Waals surface area contributed by atoms with Crippen LogP contribution in [0.3, 0.4) is 0 Å². The second-order valence-electron chi connectivity index (χ2n) is 4.31. The van der Waals surface area contributed by atoms with E-state index in [1.165, 1.54) is 0 Å². The lowest BCUT2D eigenvalue weighted by Crippen LogP contribution is -2.10. The highest BCUT2D eigenvalue weighted by molar-refractivity contribution is 5.83. The summed E-state index contributed by atoms with van der Waals surface area (Å²) >= 11 is 0. The molecule has 0 amide bonds. The van der Waals surface area contributed by atoms with Crippen molar-refractivity contribution in [1.82, 2.24) is 0 Å². The minimum Gasteiger partial charge on any atom is -0.507 e. The van der Waals surface area contributed by atoms with E-state index in [4.69, 9.17) is 4.42 Å².